The van der Waals surface area contributed by atoms with Crippen LogP contribution in [0.25, 0.3) is 0 Å². The fourth-order valence-corrected chi connectivity index (χ4v) is 2.79. The minimum absolute atomic E-state index is 0. The molecule has 2 N–H and O–H groups in total. The first-order valence-corrected chi connectivity index (χ1v) is 6.76. The van der Waals surface area contributed by atoms with Crippen molar-refractivity contribution in [3.05, 3.63) is 33.3 Å². The minimum Gasteiger partial charge on any atom is -0.329 e. The van der Waals surface area contributed by atoms with Gasteiger partial charge in [0.2, 0.25) is 0 Å². The van der Waals surface area contributed by atoms with E-state index < -0.39 is 0 Å². The van der Waals surface area contributed by atoms with Crippen molar-refractivity contribution in [1.82, 2.24) is 4.90 Å². The predicted molar refractivity (Wildman–Crippen MR) is 78.9 cm³/mol. The van der Waals surface area contributed by atoms with E-state index in [-0.39, 0.29) is 12.4 Å². The molecule has 1 aliphatic rings. The molecule has 0 radical (unpaired) electrons. The van der Waals surface area contributed by atoms with E-state index >= 15 is 0 Å². The van der Waals surface area contributed by atoms with E-state index in [1.54, 1.807) is 0 Å². The molecular formula is C12H17BrCl2N2. The lowest BCUT2D eigenvalue weighted by Crippen LogP contribution is -2.34. The summed E-state index contributed by atoms with van der Waals surface area (Å²) in [5, 5.41) is 0.764. The maximum Gasteiger partial charge on any atom is 0.0548 e. The molecule has 0 aliphatic carbocycles. The molecular weight excluding hydrogens is 323 g/mol. The number of nitrogens with zero attached hydrogens (tertiary/aromatic N) is 1. The summed E-state index contributed by atoms with van der Waals surface area (Å²) in [5.74, 6) is 0. The van der Waals surface area contributed by atoms with E-state index in [1.165, 1.54) is 18.4 Å². The zero-order chi connectivity index (χ0) is 11.5. The minimum atomic E-state index is 0. The van der Waals surface area contributed by atoms with Crippen LogP contribution in [0.1, 0.15) is 18.4 Å². The molecule has 0 aromatic heterocycles. The van der Waals surface area contributed by atoms with Gasteiger partial charge in [-0.25, -0.2) is 0 Å². The average Bonchev–Trinajstić information content (AvgIpc) is 2.71. The van der Waals surface area contributed by atoms with Crippen molar-refractivity contribution in [3.8, 4) is 0 Å². The molecule has 1 unspecified atom stereocenters. The van der Waals surface area contributed by atoms with Crippen LogP contribution < -0.4 is 5.73 Å². The molecule has 1 aromatic carbocycles. The van der Waals surface area contributed by atoms with Crippen LogP contribution >= 0.6 is 39.9 Å². The predicted octanol–water partition coefficient (Wildman–Crippen LogP) is 3.45. The Labute approximate surface area is 122 Å². The fourth-order valence-electron chi connectivity index (χ4n) is 2.24. The van der Waals surface area contributed by atoms with Crippen molar-refractivity contribution in [1.29, 1.82) is 0 Å². The van der Waals surface area contributed by atoms with Gasteiger partial charge in [-0.05, 0) is 53.0 Å². The number of hydrogen-bond acceptors (Lipinski definition) is 2. The van der Waals surface area contributed by atoms with Crippen LogP contribution in [0.4, 0.5) is 0 Å². The molecule has 1 atom stereocenters. The summed E-state index contributed by atoms with van der Waals surface area (Å²) in [4.78, 5) is 2.45. The number of rotatable bonds is 3. The van der Waals surface area contributed by atoms with Crippen molar-refractivity contribution in [2.45, 2.75) is 25.4 Å². The monoisotopic (exact) mass is 338 g/mol. The van der Waals surface area contributed by atoms with Gasteiger partial charge in [0.25, 0.3) is 0 Å². The molecule has 96 valence electrons. The molecule has 1 aliphatic heterocycles. The Bertz CT molecular complexity index is 374. The molecule has 0 spiro atoms. The second kappa shape index (κ2) is 6.95. The number of hydrogen-bond donors (Lipinski definition) is 1. The third kappa shape index (κ3) is 3.83. The van der Waals surface area contributed by atoms with E-state index in [0.29, 0.717) is 6.04 Å². The number of benzene rings is 1. The van der Waals surface area contributed by atoms with Gasteiger partial charge in [0, 0.05) is 23.6 Å². The largest absolute Gasteiger partial charge is 0.329 e. The summed E-state index contributed by atoms with van der Waals surface area (Å²) in [6.07, 6.45) is 2.49. The first-order valence-electron chi connectivity index (χ1n) is 5.58. The van der Waals surface area contributed by atoms with Crippen LogP contribution in [0.15, 0.2) is 22.7 Å². The molecule has 1 aromatic rings. The van der Waals surface area contributed by atoms with Crippen LogP contribution in [-0.4, -0.2) is 24.0 Å². The lowest BCUT2D eigenvalue weighted by Gasteiger charge is -2.23. The molecule has 1 saturated heterocycles. The van der Waals surface area contributed by atoms with Gasteiger partial charge in [-0.2, -0.15) is 0 Å². The van der Waals surface area contributed by atoms with Crippen LogP contribution in [0.2, 0.25) is 5.02 Å². The van der Waals surface area contributed by atoms with Gasteiger partial charge in [0.1, 0.15) is 0 Å². The highest BCUT2D eigenvalue weighted by Gasteiger charge is 2.22. The van der Waals surface area contributed by atoms with Crippen LogP contribution in [0.5, 0.6) is 0 Å². The molecule has 0 bridgehead atoms. The lowest BCUT2D eigenvalue weighted by atomic mass is 10.2. The summed E-state index contributed by atoms with van der Waals surface area (Å²) < 4.78 is 0.968. The first-order chi connectivity index (χ1) is 7.70. The van der Waals surface area contributed by atoms with Gasteiger partial charge in [0.05, 0.1) is 5.02 Å². The zero-order valence-electron chi connectivity index (χ0n) is 9.53. The van der Waals surface area contributed by atoms with Crippen molar-refractivity contribution >= 4 is 39.9 Å². The molecule has 5 heteroatoms. The highest BCUT2D eigenvalue weighted by Crippen LogP contribution is 2.25. The third-order valence-electron chi connectivity index (χ3n) is 3.14. The maximum atomic E-state index is 5.97. The quantitative estimate of drug-likeness (QED) is 0.913. The Morgan fingerprint density at radius 1 is 1.47 bits per heavy atom. The van der Waals surface area contributed by atoms with Gasteiger partial charge in [-0.15, -0.1) is 12.4 Å². The fraction of sp³-hybridized carbons (Fsp3) is 0.500. The summed E-state index contributed by atoms with van der Waals surface area (Å²) in [5.41, 5.74) is 7.05. The van der Waals surface area contributed by atoms with Crippen LogP contribution in [-0.2, 0) is 6.54 Å². The van der Waals surface area contributed by atoms with Gasteiger partial charge in [-0.3, -0.25) is 4.90 Å². The summed E-state index contributed by atoms with van der Waals surface area (Å²) in [6.45, 7) is 2.88. The molecule has 1 fully saturated rings. The molecule has 2 nitrogen and oxygen atoms in total. The average molecular weight is 340 g/mol. The molecule has 17 heavy (non-hydrogen) atoms. The highest BCUT2D eigenvalue weighted by atomic mass is 79.9. The smallest absolute Gasteiger partial charge is 0.0548 e. The molecule has 0 saturated carbocycles. The first kappa shape index (κ1) is 15.3. The van der Waals surface area contributed by atoms with E-state index in [9.17, 15) is 0 Å². The Kier molecular flexibility index (Phi) is 6.24. The van der Waals surface area contributed by atoms with Crippen molar-refractivity contribution < 1.29 is 0 Å². The lowest BCUT2D eigenvalue weighted by molar-refractivity contribution is 0.250. The third-order valence-corrected chi connectivity index (χ3v) is 4.35. The number of likely N-dealkylation sites (tertiary alicyclic amines) is 1. The van der Waals surface area contributed by atoms with Crippen LogP contribution in [0, 0.1) is 0 Å². The Morgan fingerprint density at radius 2 is 2.24 bits per heavy atom. The topological polar surface area (TPSA) is 29.3 Å². The van der Waals surface area contributed by atoms with Crippen LogP contribution in [0.3, 0.4) is 0 Å². The normalized spacial score (nSPS) is 20.3. The summed E-state index contributed by atoms with van der Waals surface area (Å²) in [7, 11) is 0. The second-order valence-corrected chi connectivity index (χ2v) is 5.51. The summed E-state index contributed by atoms with van der Waals surface area (Å²) >= 11 is 9.43. The number of halogens is 3. The SMILES string of the molecule is Cl.NCC1CCCN1Cc1ccc(Cl)c(Br)c1. The number of nitrogens with two attached hydrogens (primary N) is 1. The van der Waals surface area contributed by atoms with E-state index in [1.807, 2.05) is 6.07 Å². The Hall–Kier alpha value is 0.200. The van der Waals surface area contributed by atoms with E-state index in [4.69, 9.17) is 17.3 Å². The van der Waals surface area contributed by atoms with Crippen molar-refractivity contribution in [2.24, 2.45) is 5.73 Å². The standard InChI is InChI=1S/C12H16BrClN2.ClH/c13-11-6-9(3-4-12(11)14)8-16-5-1-2-10(16)7-15;/h3-4,6,10H,1-2,5,7-8,15H2;1H. The Morgan fingerprint density at radius 3 is 2.88 bits per heavy atom. The van der Waals surface area contributed by atoms with E-state index in [0.717, 1.165) is 29.1 Å². The van der Waals surface area contributed by atoms with Gasteiger partial charge in [0.15, 0.2) is 0 Å². The molecule has 1 heterocycles. The van der Waals surface area contributed by atoms with Crippen molar-refractivity contribution in [2.75, 3.05) is 13.1 Å². The van der Waals surface area contributed by atoms with E-state index in [2.05, 4.69) is 33.0 Å². The second-order valence-electron chi connectivity index (χ2n) is 4.25. The van der Waals surface area contributed by atoms with Gasteiger partial charge >= 0.3 is 0 Å². The highest BCUT2D eigenvalue weighted by molar-refractivity contribution is 9.10. The van der Waals surface area contributed by atoms with Crippen molar-refractivity contribution in [3.63, 3.8) is 0 Å². The Balaban J connectivity index is 0.00000144. The molecule has 0 amide bonds. The zero-order valence-corrected chi connectivity index (χ0v) is 12.7. The molecule has 2 rings (SSSR count). The van der Waals surface area contributed by atoms with Gasteiger partial charge < -0.3 is 5.73 Å². The maximum absolute atomic E-state index is 5.97. The van der Waals surface area contributed by atoms with Gasteiger partial charge in [-0.1, -0.05) is 17.7 Å². The summed E-state index contributed by atoms with van der Waals surface area (Å²) in [6, 6.07) is 6.66.